The molecule has 172 valence electrons. The second-order valence-corrected chi connectivity index (χ2v) is 8.60. The normalized spacial score (nSPS) is 19.6. The Morgan fingerprint density at radius 1 is 1.24 bits per heavy atom. The molecule has 0 saturated carbocycles. The van der Waals surface area contributed by atoms with Crippen molar-refractivity contribution in [3.63, 3.8) is 0 Å². The zero-order valence-electron chi connectivity index (χ0n) is 19.0. The molecule has 0 radical (unpaired) electrons. The summed E-state index contributed by atoms with van der Waals surface area (Å²) in [6.45, 7) is 2.47. The Balaban J connectivity index is 1.34. The molecule has 0 aliphatic carbocycles. The third-order valence-corrected chi connectivity index (χ3v) is 6.52. The maximum atomic E-state index is 15.3. The van der Waals surface area contributed by atoms with Gasteiger partial charge in [0.2, 0.25) is 0 Å². The number of piperidine rings is 1. The third kappa shape index (κ3) is 5.87. The van der Waals surface area contributed by atoms with E-state index >= 15 is 4.39 Å². The first-order valence-electron chi connectivity index (χ1n) is 11.5. The summed E-state index contributed by atoms with van der Waals surface area (Å²) >= 11 is 0. The van der Waals surface area contributed by atoms with Gasteiger partial charge in [-0.25, -0.2) is 4.39 Å². The number of ether oxygens (including phenoxy) is 1. The molecule has 0 unspecified atom stereocenters. The van der Waals surface area contributed by atoms with Gasteiger partial charge in [-0.05, 0) is 79.6 Å². The van der Waals surface area contributed by atoms with Crippen molar-refractivity contribution in [1.29, 1.82) is 0 Å². The van der Waals surface area contributed by atoms with E-state index in [2.05, 4.69) is 26.7 Å². The molecule has 0 bridgehead atoms. The number of hydrogen-bond donors (Lipinski definition) is 1. The molecular weight excluding hydrogens is 417 g/mol. The topological polar surface area (TPSA) is 58.5 Å². The standard InChI is InChI=1S/C27H30FN3O2/c1-33-23-7-9-27-25(16-23)24(10-13-30-27)26(28)8-6-21-11-15-31(18-22(21)19-32)14-3-5-20-4-2-12-29-17-20/h2,4,7,9-10,12-13,16-17,21-22,26,32H,6,8,11,14-15,18-19H2,1H3/t21-,22-,26+/m1/s1. The van der Waals surface area contributed by atoms with Gasteiger partial charge in [0.1, 0.15) is 11.9 Å². The number of fused-ring (bicyclic) bond motifs is 1. The van der Waals surface area contributed by atoms with Crippen LogP contribution in [0.4, 0.5) is 4.39 Å². The molecule has 33 heavy (non-hydrogen) atoms. The maximum absolute atomic E-state index is 15.3. The second-order valence-electron chi connectivity index (χ2n) is 8.60. The fraction of sp³-hybridized carbons (Fsp3) is 0.407. The molecule has 0 amide bonds. The SMILES string of the molecule is COc1ccc2nccc([C@@H](F)CC[C@@H]3CCN(CC#Cc4cccnc4)C[C@@H]3CO)c2c1. The van der Waals surface area contributed by atoms with Gasteiger partial charge in [-0.3, -0.25) is 14.9 Å². The third-order valence-electron chi connectivity index (χ3n) is 6.52. The minimum Gasteiger partial charge on any atom is -0.497 e. The highest BCUT2D eigenvalue weighted by Gasteiger charge is 2.29. The molecule has 1 aromatic carbocycles. The molecule has 4 rings (SSSR count). The number of rotatable bonds is 7. The first-order chi connectivity index (χ1) is 16.2. The lowest BCUT2D eigenvalue weighted by Crippen LogP contribution is -2.42. The molecule has 3 atom stereocenters. The molecule has 3 heterocycles. The summed E-state index contributed by atoms with van der Waals surface area (Å²) in [5.41, 5.74) is 2.33. The number of alkyl halides is 1. The first kappa shape index (κ1) is 23.2. The molecule has 3 aromatic rings. The van der Waals surface area contributed by atoms with Crippen LogP contribution < -0.4 is 4.74 Å². The molecule has 0 spiro atoms. The monoisotopic (exact) mass is 447 g/mol. The highest BCUT2D eigenvalue weighted by atomic mass is 19.1. The van der Waals surface area contributed by atoms with Crippen LogP contribution in [0.25, 0.3) is 10.9 Å². The van der Waals surface area contributed by atoms with E-state index in [0.717, 1.165) is 42.4 Å². The van der Waals surface area contributed by atoms with Crippen molar-refractivity contribution < 1.29 is 14.2 Å². The molecular formula is C27H30FN3O2. The van der Waals surface area contributed by atoms with Gasteiger partial charge in [-0.15, -0.1) is 0 Å². The summed E-state index contributed by atoms with van der Waals surface area (Å²) in [6, 6.07) is 11.1. The summed E-state index contributed by atoms with van der Waals surface area (Å²) in [4.78, 5) is 10.7. The minimum atomic E-state index is -1.08. The van der Waals surface area contributed by atoms with Gasteiger partial charge in [0.25, 0.3) is 0 Å². The van der Waals surface area contributed by atoms with Crippen molar-refractivity contribution >= 4 is 10.9 Å². The highest BCUT2D eigenvalue weighted by Crippen LogP contribution is 2.35. The van der Waals surface area contributed by atoms with Gasteiger partial charge in [-0.1, -0.05) is 11.8 Å². The van der Waals surface area contributed by atoms with Crippen molar-refractivity contribution in [3.05, 3.63) is 66.1 Å². The van der Waals surface area contributed by atoms with Crippen molar-refractivity contribution in [2.75, 3.05) is 33.4 Å². The van der Waals surface area contributed by atoms with E-state index < -0.39 is 6.17 Å². The fourth-order valence-corrected chi connectivity index (χ4v) is 4.64. The zero-order chi connectivity index (χ0) is 23.0. The fourth-order valence-electron chi connectivity index (χ4n) is 4.64. The van der Waals surface area contributed by atoms with Crippen LogP contribution in [-0.4, -0.2) is 53.3 Å². The number of hydrogen-bond acceptors (Lipinski definition) is 5. The molecule has 2 aromatic heterocycles. The lowest BCUT2D eigenvalue weighted by atomic mass is 9.81. The smallest absolute Gasteiger partial charge is 0.126 e. The number of likely N-dealkylation sites (tertiary alicyclic amines) is 1. The van der Waals surface area contributed by atoms with E-state index in [9.17, 15) is 5.11 Å². The van der Waals surface area contributed by atoms with Crippen LogP contribution in [0.5, 0.6) is 5.75 Å². The number of aromatic nitrogens is 2. The lowest BCUT2D eigenvalue weighted by molar-refractivity contribution is 0.0708. The van der Waals surface area contributed by atoms with Crippen LogP contribution in [0.3, 0.4) is 0 Å². The van der Waals surface area contributed by atoms with Gasteiger partial charge in [0, 0.05) is 42.7 Å². The molecule has 1 fully saturated rings. The van der Waals surface area contributed by atoms with Gasteiger partial charge < -0.3 is 9.84 Å². The summed E-state index contributed by atoms with van der Waals surface area (Å²) in [5, 5.41) is 10.8. The van der Waals surface area contributed by atoms with Crippen molar-refractivity contribution in [1.82, 2.24) is 14.9 Å². The van der Waals surface area contributed by atoms with E-state index in [1.807, 2.05) is 30.3 Å². The quantitative estimate of drug-likeness (QED) is 0.544. The Kier molecular flexibility index (Phi) is 7.87. The number of methoxy groups -OCH3 is 1. The van der Waals surface area contributed by atoms with E-state index in [-0.39, 0.29) is 12.5 Å². The van der Waals surface area contributed by atoms with E-state index in [1.54, 1.807) is 31.8 Å². The Morgan fingerprint density at radius 2 is 2.15 bits per heavy atom. The molecule has 1 N–H and O–H groups in total. The van der Waals surface area contributed by atoms with Crippen molar-refractivity contribution in [2.45, 2.75) is 25.4 Å². The van der Waals surface area contributed by atoms with Crippen LogP contribution >= 0.6 is 0 Å². The van der Waals surface area contributed by atoms with Crippen LogP contribution in [0, 0.1) is 23.7 Å². The summed E-state index contributed by atoms with van der Waals surface area (Å²) in [5.74, 6) is 7.48. The van der Waals surface area contributed by atoms with Gasteiger partial charge in [0.05, 0.1) is 19.2 Å². The van der Waals surface area contributed by atoms with Gasteiger partial charge in [0.15, 0.2) is 0 Å². The number of pyridine rings is 2. The summed E-state index contributed by atoms with van der Waals surface area (Å²) in [6.07, 6.45) is 6.19. The Bertz CT molecular complexity index is 1110. The van der Waals surface area contributed by atoms with Crippen LogP contribution in [0.1, 0.15) is 36.6 Å². The predicted octanol–water partition coefficient (Wildman–Crippen LogP) is 4.41. The number of benzene rings is 1. The number of aliphatic hydroxyl groups excluding tert-OH is 1. The maximum Gasteiger partial charge on any atom is 0.126 e. The Hall–Kier alpha value is -3.01. The van der Waals surface area contributed by atoms with Gasteiger partial charge in [-0.2, -0.15) is 0 Å². The highest BCUT2D eigenvalue weighted by molar-refractivity contribution is 5.83. The van der Waals surface area contributed by atoms with E-state index in [0.29, 0.717) is 30.2 Å². The van der Waals surface area contributed by atoms with Crippen LogP contribution in [-0.2, 0) is 0 Å². The van der Waals surface area contributed by atoms with Gasteiger partial charge >= 0.3 is 0 Å². The minimum absolute atomic E-state index is 0.115. The Labute approximate surface area is 194 Å². The molecule has 6 heteroatoms. The number of aliphatic hydroxyl groups is 1. The van der Waals surface area contributed by atoms with E-state index in [4.69, 9.17) is 4.74 Å². The molecule has 1 aliphatic rings. The van der Waals surface area contributed by atoms with E-state index in [1.165, 1.54) is 0 Å². The number of halogens is 1. The average Bonchev–Trinajstić information content (AvgIpc) is 2.87. The predicted molar refractivity (Wildman–Crippen MR) is 128 cm³/mol. The molecule has 1 aliphatic heterocycles. The largest absolute Gasteiger partial charge is 0.497 e. The molecule has 1 saturated heterocycles. The second kappa shape index (κ2) is 11.2. The number of nitrogens with zero attached hydrogens (tertiary/aromatic N) is 3. The molecule has 5 nitrogen and oxygen atoms in total. The van der Waals surface area contributed by atoms with Crippen LogP contribution in [0.15, 0.2) is 55.0 Å². The lowest BCUT2D eigenvalue weighted by Gasteiger charge is -2.37. The van der Waals surface area contributed by atoms with Crippen LogP contribution in [0.2, 0.25) is 0 Å². The van der Waals surface area contributed by atoms with Crippen molar-refractivity contribution in [2.24, 2.45) is 11.8 Å². The summed E-state index contributed by atoms with van der Waals surface area (Å²) < 4.78 is 20.6. The first-order valence-corrected chi connectivity index (χ1v) is 11.5. The summed E-state index contributed by atoms with van der Waals surface area (Å²) in [7, 11) is 1.61. The van der Waals surface area contributed by atoms with Crippen molar-refractivity contribution in [3.8, 4) is 17.6 Å². The average molecular weight is 448 g/mol. The zero-order valence-corrected chi connectivity index (χ0v) is 19.0. The Morgan fingerprint density at radius 3 is 2.94 bits per heavy atom.